The Bertz CT molecular complexity index is 1390. The Labute approximate surface area is 223 Å². The van der Waals surface area contributed by atoms with E-state index in [2.05, 4.69) is 16.7 Å². The molecule has 3 aliphatic carbocycles. The predicted octanol–water partition coefficient (Wildman–Crippen LogP) is 2.11. The van der Waals surface area contributed by atoms with E-state index < -0.39 is 29.3 Å². The van der Waals surface area contributed by atoms with Crippen molar-refractivity contribution in [2.75, 3.05) is 20.1 Å². The molecule has 1 amide bonds. The minimum absolute atomic E-state index is 0.00732. The topological polar surface area (TPSA) is 93.5 Å². The van der Waals surface area contributed by atoms with Gasteiger partial charge in [-0.25, -0.2) is 0 Å². The fourth-order valence-electron chi connectivity index (χ4n) is 8.00. The highest BCUT2D eigenvalue weighted by Crippen LogP contribution is 2.66. The lowest BCUT2D eigenvalue weighted by molar-refractivity contribution is -0.236. The Balaban J connectivity index is 1.29. The number of carbonyl (C=O) groups excluding carboxylic acids is 1. The molecule has 2 aliphatic heterocycles. The maximum absolute atomic E-state index is 13.3. The third kappa shape index (κ3) is 3.17. The van der Waals surface area contributed by atoms with E-state index in [0.29, 0.717) is 37.5 Å². The van der Waals surface area contributed by atoms with Gasteiger partial charge in [0.05, 0.1) is 23.2 Å². The van der Waals surface area contributed by atoms with E-state index in [4.69, 9.17) is 4.74 Å². The van der Waals surface area contributed by atoms with Crippen LogP contribution in [0.25, 0.3) is 0 Å². The van der Waals surface area contributed by atoms with Crippen LogP contribution in [0.15, 0.2) is 36.4 Å². The molecule has 1 spiro atoms. The summed E-state index contributed by atoms with van der Waals surface area (Å²) < 4.78 is 6.51. The first kappa shape index (κ1) is 24.0. The molecule has 198 valence electrons. The molecular formula is C31H34N2O5. The van der Waals surface area contributed by atoms with Crippen molar-refractivity contribution in [1.82, 2.24) is 9.80 Å². The zero-order valence-electron chi connectivity index (χ0n) is 21.9. The number of amides is 1. The van der Waals surface area contributed by atoms with Gasteiger partial charge in [-0.2, -0.15) is 0 Å². The molecule has 2 heterocycles. The normalized spacial score (nSPS) is 34.5. The highest BCUT2D eigenvalue weighted by atomic mass is 16.5. The molecule has 2 aromatic carbocycles. The van der Waals surface area contributed by atoms with E-state index in [-0.39, 0.29) is 17.7 Å². The van der Waals surface area contributed by atoms with Gasteiger partial charge in [-0.1, -0.05) is 24.1 Å². The maximum atomic E-state index is 13.3. The summed E-state index contributed by atoms with van der Waals surface area (Å²) in [5.41, 5.74) is 1.23. The van der Waals surface area contributed by atoms with Gasteiger partial charge in [0.25, 0.3) is 5.91 Å². The molecule has 2 bridgehead atoms. The number of aromatic hydroxyl groups is 1. The number of rotatable bonds is 3. The number of aliphatic hydroxyl groups is 2. The molecule has 5 aliphatic rings. The molecule has 3 N–H and O–H groups in total. The average Bonchev–Trinajstić information content (AvgIpc) is 3.62. The van der Waals surface area contributed by atoms with Crippen molar-refractivity contribution in [3.05, 3.63) is 58.7 Å². The number of hydrogen-bond donors (Lipinski definition) is 3. The highest BCUT2D eigenvalue weighted by Gasteiger charge is 2.76. The summed E-state index contributed by atoms with van der Waals surface area (Å²) in [5, 5.41) is 35.4. The van der Waals surface area contributed by atoms with Crippen molar-refractivity contribution in [1.29, 1.82) is 0 Å². The SMILES string of the molecule is Cc1cccc(C#CC(=O)N(C)[C@H]2CC[C@@]3(O)[C@H]4Cc5ccc(O)c6c5[C@@]3([C@@H](O)CN4CC3CC3)[C@H]2O6)c1. The molecule has 7 nitrogen and oxygen atoms in total. The lowest BCUT2D eigenvalue weighted by atomic mass is 9.47. The van der Waals surface area contributed by atoms with Crippen molar-refractivity contribution in [3.8, 4) is 23.3 Å². The summed E-state index contributed by atoms with van der Waals surface area (Å²) in [6.45, 7) is 3.30. The fraction of sp³-hybridized carbons (Fsp3) is 0.516. The van der Waals surface area contributed by atoms with Crippen molar-refractivity contribution in [2.24, 2.45) is 5.92 Å². The monoisotopic (exact) mass is 514 g/mol. The fourth-order valence-corrected chi connectivity index (χ4v) is 8.00. The van der Waals surface area contributed by atoms with Gasteiger partial charge in [-0.15, -0.1) is 0 Å². The summed E-state index contributed by atoms with van der Waals surface area (Å²) >= 11 is 0. The zero-order valence-corrected chi connectivity index (χ0v) is 21.9. The number of ether oxygens (including phenoxy) is 1. The van der Waals surface area contributed by atoms with Crippen LogP contribution < -0.4 is 4.74 Å². The van der Waals surface area contributed by atoms with Crippen molar-refractivity contribution < 1.29 is 24.9 Å². The standard InChI is InChI=1S/C31H34N2O5/c1-18-4-3-5-19(14-18)8-11-26(36)32(2)22-12-13-30(37)24-15-21-9-10-23(34)28-27(21)31(30,29(22)38-28)25(35)17-33(24)16-20-6-7-20/h3-5,9-10,14,20,22,24-25,29,34-35,37H,6-7,12-13,15-17H2,1-2H3/t22-,24+,25-,29-,30+,31-/m0/s1. The summed E-state index contributed by atoms with van der Waals surface area (Å²) in [4.78, 5) is 17.2. The summed E-state index contributed by atoms with van der Waals surface area (Å²) in [6, 6.07) is 10.7. The summed E-state index contributed by atoms with van der Waals surface area (Å²) in [7, 11) is 1.72. The van der Waals surface area contributed by atoms with Crippen molar-refractivity contribution >= 4 is 5.91 Å². The Kier molecular flexibility index (Phi) is 5.20. The first-order valence-electron chi connectivity index (χ1n) is 13.8. The van der Waals surface area contributed by atoms with Crippen LogP contribution in [0.3, 0.4) is 0 Å². The van der Waals surface area contributed by atoms with Crippen LogP contribution in [0.1, 0.15) is 47.9 Å². The van der Waals surface area contributed by atoms with Gasteiger partial charge in [-0.3, -0.25) is 9.69 Å². The van der Waals surface area contributed by atoms with Gasteiger partial charge in [0, 0.05) is 43.2 Å². The molecule has 6 atom stereocenters. The smallest absolute Gasteiger partial charge is 0.298 e. The van der Waals surface area contributed by atoms with Gasteiger partial charge in [0.15, 0.2) is 11.5 Å². The second-order valence-corrected chi connectivity index (χ2v) is 12.1. The van der Waals surface area contributed by atoms with E-state index in [0.717, 1.165) is 28.8 Å². The second-order valence-electron chi connectivity index (χ2n) is 12.1. The number of hydrogen-bond acceptors (Lipinski definition) is 6. The molecule has 0 radical (unpaired) electrons. The Hall–Kier alpha value is -3.05. The molecule has 7 heteroatoms. The molecule has 0 aromatic heterocycles. The van der Waals surface area contributed by atoms with Crippen LogP contribution in [0.5, 0.6) is 11.5 Å². The summed E-state index contributed by atoms with van der Waals surface area (Å²) in [6.07, 6.45) is 2.39. The first-order chi connectivity index (χ1) is 18.2. The van der Waals surface area contributed by atoms with Crippen LogP contribution in [-0.2, 0) is 16.6 Å². The van der Waals surface area contributed by atoms with Crippen LogP contribution in [0, 0.1) is 24.7 Å². The number of aliphatic hydroxyl groups excluding tert-OH is 1. The lowest BCUT2D eigenvalue weighted by Crippen LogP contribution is -2.82. The largest absolute Gasteiger partial charge is 0.504 e. The van der Waals surface area contributed by atoms with E-state index in [1.54, 1.807) is 18.0 Å². The molecule has 38 heavy (non-hydrogen) atoms. The number of piperidine rings is 1. The Morgan fingerprint density at radius 1 is 1.24 bits per heavy atom. The minimum atomic E-state index is -1.23. The number of phenolic OH excluding ortho intramolecular Hbond substituents is 1. The third-order valence-electron chi connectivity index (χ3n) is 9.90. The number of β-amino-alcohol motifs (C(OH)–C–C–N with tert-alkyl or cyclic N) is 1. The number of benzene rings is 2. The van der Waals surface area contributed by atoms with Crippen LogP contribution in [0.4, 0.5) is 0 Å². The molecule has 1 saturated heterocycles. The van der Waals surface area contributed by atoms with Gasteiger partial charge in [0.2, 0.25) is 0 Å². The average molecular weight is 515 g/mol. The molecule has 3 fully saturated rings. The van der Waals surface area contributed by atoms with Crippen LogP contribution >= 0.6 is 0 Å². The van der Waals surface area contributed by atoms with E-state index >= 15 is 0 Å². The number of likely N-dealkylation sites (tertiary alicyclic amines) is 1. The zero-order chi connectivity index (χ0) is 26.4. The number of phenols is 1. The lowest BCUT2D eigenvalue weighted by Gasteiger charge is -2.66. The number of aryl methyl sites for hydroxylation is 1. The predicted molar refractivity (Wildman–Crippen MR) is 141 cm³/mol. The highest BCUT2D eigenvalue weighted by molar-refractivity contribution is 5.94. The molecule has 0 unspecified atom stereocenters. The van der Waals surface area contributed by atoms with Gasteiger partial charge < -0.3 is 25.0 Å². The van der Waals surface area contributed by atoms with Crippen LogP contribution in [-0.4, -0.2) is 81.1 Å². The van der Waals surface area contributed by atoms with Crippen LogP contribution in [0.2, 0.25) is 0 Å². The number of carbonyl (C=O) groups is 1. The quantitative estimate of drug-likeness (QED) is 0.544. The third-order valence-corrected chi connectivity index (χ3v) is 9.90. The van der Waals surface area contributed by atoms with Gasteiger partial charge in [0.1, 0.15) is 6.10 Å². The number of nitrogens with zero attached hydrogens (tertiary/aromatic N) is 2. The second kappa shape index (κ2) is 8.22. The van der Waals surface area contributed by atoms with Crippen molar-refractivity contribution in [2.45, 2.75) is 74.3 Å². The molecule has 2 saturated carbocycles. The van der Waals surface area contributed by atoms with Crippen molar-refractivity contribution in [3.63, 3.8) is 0 Å². The van der Waals surface area contributed by atoms with E-state index in [1.165, 1.54) is 12.8 Å². The molecule has 7 rings (SSSR count). The van der Waals surface area contributed by atoms with E-state index in [1.807, 2.05) is 37.3 Å². The Morgan fingerprint density at radius 2 is 2.05 bits per heavy atom. The number of likely N-dealkylation sites (N-methyl/N-ethyl adjacent to an activating group) is 1. The summed E-state index contributed by atoms with van der Waals surface area (Å²) in [5.74, 6) is 6.40. The first-order valence-corrected chi connectivity index (χ1v) is 13.8. The van der Waals surface area contributed by atoms with Gasteiger partial charge >= 0.3 is 0 Å². The molecular weight excluding hydrogens is 480 g/mol. The van der Waals surface area contributed by atoms with Gasteiger partial charge in [-0.05, 0) is 74.3 Å². The molecule has 2 aromatic rings. The Morgan fingerprint density at radius 3 is 2.82 bits per heavy atom. The van der Waals surface area contributed by atoms with E-state index in [9.17, 15) is 20.1 Å². The maximum Gasteiger partial charge on any atom is 0.298 e. The minimum Gasteiger partial charge on any atom is -0.504 e.